The van der Waals surface area contributed by atoms with Crippen molar-refractivity contribution in [2.45, 2.75) is 11.8 Å². The number of hydrogen-bond donors (Lipinski definition) is 1. The number of carbonyl (C=O) groups is 2. The monoisotopic (exact) mass is 235 g/mol. The first kappa shape index (κ1) is 12.3. The standard InChI is InChI=1S/C11H9NO3S/c1-2-15-11(14)9-3-7(5-12)10(16)4-8(9)6-13/h3-4,6,16H,2H2,1H3. The molecular weight excluding hydrogens is 226 g/mol. The summed E-state index contributed by atoms with van der Waals surface area (Å²) < 4.78 is 4.78. The van der Waals surface area contributed by atoms with E-state index < -0.39 is 5.97 Å². The van der Waals surface area contributed by atoms with Crippen LogP contribution in [0.15, 0.2) is 17.0 Å². The number of ether oxygens (including phenoxy) is 1. The molecule has 0 bridgehead atoms. The highest BCUT2D eigenvalue weighted by atomic mass is 32.1. The maximum Gasteiger partial charge on any atom is 0.338 e. The Morgan fingerprint density at radius 3 is 2.81 bits per heavy atom. The average Bonchev–Trinajstić information content (AvgIpc) is 2.28. The molecule has 1 aromatic carbocycles. The van der Waals surface area contributed by atoms with Gasteiger partial charge in [-0.05, 0) is 19.1 Å². The highest BCUT2D eigenvalue weighted by molar-refractivity contribution is 7.80. The number of rotatable bonds is 3. The molecule has 0 heterocycles. The highest BCUT2D eigenvalue weighted by Gasteiger charge is 2.15. The second-order valence-corrected chi connectivity index (χ2v) is 3.39. The molecule has 0 unspecified atom stereocenters. The van der Waals surface area contributed by atoms with Gasteiger partial charge in [0.05, 0.1) is 17.7 Å². The van der Waals surface area contributed by atoms with Crippen LogP contribution in [0.3, 0.4) is 0 Å². The second kappa shape index (κ2) is 5.33. The average molecular weight is 235 g/mol. The first-order chi connectivity index (χ1) is 7.63. The number of carbonyl (C=O) groups excluding carboxylic acids is 2. The van der Waals surface area contributed by atoms with E-state index in [0.717, 1.165) is 0 Å². The van der Waals surface area contributed by atoms with Gasteiger partial charge in [0.25, 0.3) is 0 Å². The third-order valence-electron chi connectivity index (χ3n) is 1.91. The number of esters is 1. The summed E-state index contributed by atoms with van der Waals surface area (Å²) in [5.41, 5.74) is 0.491. The van der Waals surface area contributed by atoms with E-state index in [1.165, 1.54) is 12.1 Å². The zero-order valence-corrected chi connectivity index (χ0v) is 9.45. The van der Waals surface area contributed by atoms with Crippen molar-refractivity contribution in [2.75, 3.05) is 6.61 Å². The lowest BCUT2D eigenvalue weighted by molar-refractivity contribution is 0.0524. The number of nitriles is 1. The van der Waals surface area contributed by atoms with Gasteiger partial charge in [-0.3, -0.25) is 4.79 Å². The molecule has 0 fully saturated rings. The minimum Gasteiger partial charge on any atom is -0.462 e. The fourth-order valence-electron chi connectivity index (χ4n) is 1.18. The van der Waals surface area contributed by atoms with E-state index >= 15 is 0 Å². The SMILES string of the molecule is CCOC(=O)c1cc(C#N)c(S)cc1C=O. The van der Waals surface area contributed by atoms with Gasteiger partial charge < -0.3 is 4.74 Å². The van der Waals surface area contributed by atoms with E-state index in [2.05, 4.69) is 12.6 Å². The number of hydrogen-bond acceptors (Lipinski definition) is 5. The third-order valence-corrected chi connectivity index (χ3v) is 2.28. The zero-order chi connectivity index (χ0) is 12.1. The molecule has 0 radical (unpaired) electrons. The molecular formula is C11H9NO3S. The lowest BCUT2D eigenvalue weighted by atomic mass is 10.1. The normalized spacial score (nSPS) is 9.31. The van der Waals surface area contributed by atoms with Gasteiger partial charge in [0.2, 0.25) is 0 Å². The molecule has 0 aliphatic heterocycles. The van der Waals surface area contributed by atoms with Crippen LogP contribution < -0.4 is 0 Å². The largest absolute Gasteiger partial charge is 0.462 e. The van der Waals surface area contributed by atoms with Gasteiger partial charge in [0.1, 0.15) is 6.07 Å². The zero-order valence-electron chi connectivity index (χ0n) is 8.56. The van der Waals surface area contributed by atoms with Crippen molar-refractivity contribution in [3.8, 4) is 6.07 Å². The Morgan fingerprint density at radius 2 is 2.31 bits per heavy atom. The molecule has 0 atom stereocenters. The van der Waals surface area contributed by atoms with Gasteiger partial charge in [-0.25, -0.2) is 4.79 Å². The van der Waals surface area contributed by atoms with Crippen LogP contribution in [0.25, 0.3) is 0 Å². The lowest BCUT2D eigenvalue weighted by Gasteiger charge is -2.06. The number of thiol groups is 1. The molecule has 0 spiro atoms. The van der Waals surface area contributed by atoms with Crippen LogP contribution in [0.2, 0.25) is 0 Å². The summed E-state index contributed by atoms with van der Waals surface area (Å²) >= 11 is 4.04. The van der Waals surface area contributed by atoms with Crippen LogP contribution in [-0.2, 0) is 4.74 Å². The third kappa shape index (κ3) is 2.41. The summed E-state index contributed by atoms with van der Waals surface area (Å²) in [6.45, 7) is 1.87. The van der Waals surface area contributed by atoms with E-state index in [0.29, 0.717) is 11.2 Å². The summed E-state index contributed by atoms with van der Waals surface area (Å²) in [5.74, 6) is -0.616. The quantitative estimate of drug-likeness (QED) is 0.493. The van der Waals surface area contributed by atoms with Crippen LogP contribution in [0.4, 0.5) is 0 Å². The minimum atomic E-state index is -0.616. The fourth-order valence-corrected chi connectivity index (χ4v) is 1.43. The molecule has 1 rings (SSSR count). The van der Waals surface area contributed by atoms with Crippen LogP contribution in [-0.4, -0.2) is 18.9 Å². The van der Waals surface area contributed by atoms with Crippen LogP contribution in [0, 0.1) is 11.3 Å². The van der Waals surface area contributed by atoms with Gasteiger partial charge in [-0.2, -0.15) is 5.26 Å². The van der Waals surface area contributed by atoms with Crippen LogP contribution >= 0.6 is 12.6 Å². The Morgan fingerprint density at radius 1 is 1.62 bits per heavy atom. The first-order valence-corrected chi connectivity index (χ1v) is 4.98. The molecule has 5 heteroatoms. The van der Waals surface area contributed by atoms with Crippen LogP contribution in [0.1, 0.15) is 33.2 Å². The highest BCUT2D eigenvalue weighted by Crippen LogP contribution is 2.19. The van der Waals surface area contributed by atoms with Crippen molar-refractivity contribution < 1.29 is 14.3 Å². The van der Waals surface area contributed by atoms with Crippen LogP contribution in [0.5, 0.6) is 0 Å². The van der Waals surface area contributed by atoms with Gasteiger partial charge in [-0.15, -0.1) is 12.6 Å². The molecule has 4 nitrogen and oxygen atoms in total. The maximum absolute atomic E-state index is 11.5. The molecule has 0 aromatic heterocycles. The maximum atomic E-state index is 11.5. The Balaban J connectivity index is 3.31. The van der Waals surface area contributed by atoms with Gasteiger partial charge in [0.15, 0.2) is 6.29 Å². The summed E-state index contributed by atoms with van der Waals surface area (Å²) in [6, 6.07) is 4.57. The lowest BCUT2D eigenvalue weighted by Crippen LogP contribution is -2.08. The molecule has 0 saturated heterocycles. The number of benzene rings is 1. The Hall–Kier alpha value is -1.80. The molecule has 0 aliphatic rings. The second-order valence-electron chi connectivity index (χ2n) is 2.91. The molecule has 16 heavy (non-hydrogen) atoms. The minimum absolute atomic E-state index is 0.0891. The first-order valence-electron chi connectivity index (χ1n) is 4.53. The Kier molecular flexibility index (Phi) is 4.09. The topological polar surface area (TPSA) is 67.2 Å². The number of aldehydes is 1. The van der Waals surface area contributed by atoms with Crippen molar-refractivity contribution in [1.82, 2.24) is 0 Å². The molecule has 0 N–H and O–H groups in total. The Labute approximate surface area is 98.2 Å². The van der Waals surface area contributed by atoms with Gasteiger partial charge in [0, 0.05) is 10.5 Å². The van der Waals surface area contributed by atoms with Crippen molar-refractivity contribution in [3.05, 3.63) is 28.8 Å². The summed E-state index contributed by atoms with van der Waals surface area (Å²) in [7, 11) is 0. The molecule has 82 valence electrons. The fraction of sp³-hybridized carbons (Fsp3) is 0.182. The molecule has 0 saturated carbocycles. The van der Waals surface area contributed by atoms with Crippen molar-refractivity contribution >= 4 is 24.9 Å². The summed E-state index contributed by atoms with van der Waals surface area (Å²) in [6.07, 6.45) is 0.535. The summed E-state index contributed by atoms with van der Waals surface area (Å²) in [4.78, 5) is 22.6. The van der Waals surface area contributed by atoms with Crippen molar-refractivity contribution in [1.29, 1.82) is 5.26 Å². The molecule has 0 aliphatic carbocycles. The van der Waals surface area contributed by atoms with E-state index in [4.69, 9.17) is 10.00 Å². The van der Waals surface area contributed by atoms with Gasteiger partial charge in [-0.1, -0.05) is 0 Å². The van der Waals surface area contributed by atoms with E-state index in [1.54, 1.807) is 6.92 Å². The predicted octanol–water partition coefficient (Wildman–Crippen LogP) is 1.84. The molecule has 1 aromatic rings. The van der Waals surface area contributed by atoms with E-state index in [9.17, 15) is 9.59 Å². The van der Waals surface area contributed by atoms with E-state index in [-0.39, 0.29) is 23.3 Å². The van der Waals surface area contributed by atoms with Crippen molar-refractivity contribution in [3.63, 3.8) is 0 Å². The molecule has 0 amide bonds. The van der Waals surface area contributed by atoms with Crippen molar-refractivity contribution in [2.24, 2.45) is 0 Å². The summed E-state index contributed by atoms with van der Waals surface area (Å²) in [5, 5.41) is 8.78. The Bertz CT molecular complexity index is 477. The number of nitrogens with zero attached hydrogens (tertiary/aromatic N) is 1. The van der Waals surface area contributed by atoms with E-state index in [1.807, 2.05) is 6.07 Å². The predicted molar refractivity (Wildman–Crippen MR) is 59.8 cm³/mol. The van der Waals surface area contributed by atoms with Gasteiger partial charge >= 0.3 is 5.97 Å². The smallest absolute Gasteiger partial charge is 0.338 e.